The average Bonchev–Trinajstić information content (AvgIpc) is 1.59. The molecule has 0 radical (unpaired) electrons. The van der Waals surface area contributed by atoms with Crippen LogP contribution in [0.3, 0.4) is 0 Å². The predicted octanol–water partition coefficient (Wildman–Crippen LogP) is 1.35. The van der Waals surface area contributed by atoms with Crippen molar-refractivity contribution in [2.24, 2.45) is 0 Å². The normalized spacial score (nSPS) is 11.4. The molecule has 0 amide bonds. The van der Waals surface area contributed by atoms with Crippen LogP contribution in [0, 0.1) is 0 Å². The second-order valence-electron chi connectivity index (χ2n) is 1.29. The molecular weight excluding hydrogens is 151 g/mol. The third-order valence-electron chi connectivity index (χ3n) is 0.405. The molecule has 0 unspecified atom stereocenters. The van der Waals surface area contributed by atoms with Crippen LogP contribution < -0.4 is 0 Å². The topological polar surface area (TPSA) is 26.3 Å². The number of carbonyl (C=O) groups is 1. The van der Waals surface area contributed by atoms with E-state index >= 15 is 0 Å². The van der Waals surface area contributed by atoms with Crippen LogP contribution in [0.1, 0.15) is 6.92 Å². The Morgan fingerprint density at radius 1 is 1.75 bits per heavy atom. The number of ether oxygens (including phenoxy) is 1. The molecule has 0 atom stereocenters. The third-order valence-corrected chi connectivity index (χ3v) is 0.623. The summed E-state index contributed by atoms with van der Waals surface area (Å²) in [7, 11) is 0. The summed E-state index contributed by atoms with van der Waals surface area (Å²) in [5, 5.41) is 0. The number of hydrogen-bond acceptors (Lipinski definition) is 2. The van der Waals surface area contributed by atoms with Gasteiger partial charge in [-0.1, -0.05) is 23.2 Å². The fourth-order valence-electron chi connectivity index (χ4n) is 0.180. The summed E-state index contributed by atoms with van der Waals surface area (Å²) in [5.74, 6) is 0. The zero-order valence-electron chi connectivity index (χ0n) is 4.36. The zero-order chi connectivity index (χ0) is 6.62. The number of alkyl halides is 2. The highest BCUT2D eigenvalue weighted by Crippen LogP contribution is 2.19. The lowest BCUT2D eigenvalue weighted by molar-refractivity contribution is -0.112. The van der Waals surface area contributed by atoms with Gasteiger partial charge >= 0.3 is 0 Å². The van der Waals surface area contributed by atoms with Crippen molar-refractivity contribution in [3.05, 3.63) is 0 Å². The maximum Gasteiger partial charge on any atom is 0.214 e. The molecule has 0 saturated carbocycles. The van der Waals surface area contributed by atoms with Gasteiger partial charge in [0, 0.05) is 0 Å². The van der Waals surface area contributed by atoms with E-state index in [4.69, 9.17) is 23.2 Å². The highest BCUT2D eigenvalue weighted by atomic mass is 35.5. The van der Waals surface area contributed by atoms with Crippen LogP contribution in [-0.2, 0) is 9.53 Å². The van der Waals surface area contributed by atoms with Gasteiger partial charge in [0.25, 0.3) is 0 Å². The Kier molecular flexibility index (Phi) is 3.36. The molecule has 0 fully saturated rings. The molecular formula is C4H6Cl2O2. The van der Waals surface area contributed by atoms with Gasteiger partial charge in [-0.2, -0.15) is 0 Å². The van der Waals surface area contributed by atoms with E-state index in [0.717, 1.165) is 0 Å². The van der Waals surface area contributed by atoms with E-state index in [0.29, 0.717) is 6.29 Å². The fraction of sp³-hybridized carbons (Fsp3) is 0.750. The predicted molar refractivity (Wildman–Crippen MR) is 32.1 cm³/mol. The Labute approximate surface area is 57.7 Å². The number of halogens is 2. The Balaban J connectivity index is 3.24. The van der Waals surface area contributed by atoms with Crippen LogP contribution in [-0.4, -0.2) is 17.4 Å². The van der Waals surface area contributed by atoms with E-state index in [9.17, 15) is 4.79 Å². The van der Waals surface area contributed by atoms with E-state index in [-0.39, 0.29) is 6.61 Å². The monoisotopic (exact) mass is 156 g/mol. The smallest absolute Gasteiger partial charge is 0.214 e. The Morgan fingerprint density at radius 2 is 2.25 bits per heavy atom. The molecule has 0 heterocycles. The fourth-order valence-corrected chi connectivity index (χ4v) is 0.306. The molecule has 0 bridgehead atoms. The van der Waals surface area contributed by atoms with E-state index in [2.05, 4.69) is 4.74 Å². The van der Waals surface area contributed by atoms with Crippen LogP contribution in [0.15, 0.2) is 0 Å². The summed E-state index contributed by atoms with van der Waals surface area (Å²) in [6.45, 7) is 1.38. The van der Waals surface area contributed by atoms with Crippen molar-refractivity contribution in [2.75, 3.05) is 6.61 Å². The minimum atomic E-state index is -1.24. The first-order chi connectivity index (χ1) is 3.56. The third kappa shape index (κ3) is 6.21. The van der Waals surface area contributed by atoms with Crippen molar-refractivity contribution in [1.82, 2.24) is 0 Å². The number of aldehydes is 1. The van der Waals surface area contributed by atoms with E-state index < -0.39 is 4.52 Å². The Hall–Kier alpha value is 0.210. The van der Waals surface area contributed by atoms with Crippen molar-refractivity contribution in [1.29, 1.82) is 0 Å². The number of carbonyl (C=O) groups excluding carboxylic acids is 1. The van der Waals surface area contributed by atoms with Crippen molar-refractivity contribution < 1.29 is 9.53 Å². The Bertz CT molecular complexity index is 76.6. The van der Waals surface area contributed by atoms with E-state index in [1.54, 1.807) is 0 Å². The standard InChI is InChI=1S/C4H6Cl2O2/c1-4(5,6)8-3-2-7/h2H,3H2,1H3. The summed E-state index contributed by atoms with van der Waals surface area (Å²) in [5.41, 5.74) is 0. The molecule has 48 valence electrons. The van der Waals surface area contributed by atoms with Crippen molar-refractivity contribution in [3.8, 4) is 0 Å². The van der Waals surface area contributed by atoms with Crippen LogP contribution in [0.5, 0.6) is 0 Å². The van der Waals surface area contributed by atoms with Crippen LogP contribution in [0.4, 0.5) is 0 Å². The largest absolute Gasteiger partial charge is 0.339 e. The second-order valence-corrected chi connectivity index (χ2v) is 2.92. The summed E-state index contributed by atoms with van der Waals surface area (Å²) in [4.78, 5) is 9.61. The van der Waals surface area contributed by atoms with Gasteiger partial charge in [-0.15, -0.1) is 0 Å². The SMILES string of the molecule is CC(Cl)(Cl)OCC=O. The maximum absolute atomic E-state index is 9.61. The average molecular weight is 157 g/mol. The van der Waals surface area contributed by atoms with Gasteiger partial charge in [0.15, 0.2) is 0 Å². The van der Waals surface area contributed by atoms with Gasteiger partial charge in [-0.05, 0) is 6.92 Å². The zero-order valence-corrected chi connectivity index (χ0v) is 5.87. The number of rotatable bonds is 3. The van der Waals surface area contributed by atoms with Crippen molar-refractivity contribution >= 4 is 29.5 Å². The molecule has 0 spiro atoms. The summed E-state index contributed by atoms with van der Waals surface area (Å²) in [6, 6.07) is 0. The summed E-state index contributed by atoms with van der Waals surface area (Å²) < 4.78 is 3.31. The molecule has 0 rings (SSSR count). The molecule has 0 aromatic heterocycles. The lowest BCUT2D eigenvalue weighted by atomic mass is 10.8. The first-order valence-corrected chi connectivity index (χ1v) is 2.77. The number of hydrogen-bond donors (Lipinski definition) is 0. The van der Waals surface area contributed by atoms with Gasteiger partial charge < -0.3 is 9.53 Å². The van der Waals surface area contributed by atoms with E-state index in [1.165, 1.54) is 6.92 Å². The van der Waals surface area contributed by atoms with Crippen LogP contribution >= 0.6 is 23.2 Å². The molecule has 0 aliphatic rings. The Morgan fingerprint density at radius 3 is 2.38 bits per heavy atom. The molecule has 0 saturated heterocycles. The highest BCUT2D eigenvalue weighted by molar-refractivity contribution is 6.46. The van der Waals surface area contributed by atoms with Gasteiger partial charge in [0.1, 0.15) is 12.9 Å². The summed E-state index contributed by atoms with van der Waals surface area (Å²) in [6.07, 6.45) is 0.586. The van der Waals surface area contributed by atoms with Crippen molar-refractivity contribution in [2.45, 2.75) is 11.4 Å². The van der Waals surface area contributed by atoms with Crippen LogP contribution in [0.25, 0.3) is 0 Å². The lowest BCUT2D eigenvalue weighted by Crippen LogP contribution is -2.13. The second kappa shape index (κ2) is 3.28. The quantitative estimate of drug-likeness (QED) is 0.456. The molecule has 2 nitrogen and oxygen atoms in total. The van der Waals surface area contributed by atoms with E-state index in [1.807, 2.05) is 0 Å². The molecule has 4 heteroatoms. The van der Waals surface area contributed by atoms with Gasteiger partial charge in [-0.25, -0.2) is 0 Å². The van der Waals surface area contributed by atoms with Crippen LogP contribution in [0.2, 0.25) is 0 Å². The lowest BCUT2D eigenvalue weighted by Gasteiger charge is -2.10. The van der Waals surface area contributed by atoms with Gasteiger partial charge in [-0.3, -0.25) is 0 Å². The minimum absolute atomic E-state index is 0.0660. The molecule has 0 aromatic rings. The molecule has 0 aromatic carbocycles. The maximum atomic E-state index is 9.61. The molecule has 0 aliphatic carbocycles. The molecule has 0 aliphatic heterocycles. The molecule has 0 N–H and O–H groups in total. The van der Waals surface area contributed by atoms with Gasteiger partial charge in [0.2, 0.25) is 4.52 Å². The minimum Gasteiger partial charge on any atom is -0.339 e. The summed E-state index contributed by atoms with van der Waals surface area (Å²) >= 11 is 10.6. The molecule has 8 heavy (non-hydrogen) atoms. The first-order valence-electron chi connectivity index (χ1n) is 2.01. The first kappa shape index (κ1) is 8.21. The van der Waals surface area contributed by atoms with Gasteiger partial charge in [0.05, 0.1) is 0 Å². The highest BCUT2D eigenvalue weighted by Gasteiger charge is 2.14. The van der Waals surface area contributed by atoms with Crippen molar-refractivity contribution in [3.63, 3.8) is 0 Å².